The van der Waals surface area contributed by atoms with E-state index in [-0.39, 0.29) is 36.0 Å². The molecule has 35 heavy (non-hydrogen) atoms. The minimum atomic E-state index is -0.977. The second kappa shape index (κ2) is 11.7. The van der Waals surface area contributed by atoms with Crippen LogP contribution in [0.4, 0.5) is 0 Å². The SMILES string of the molecule is CCOC(=O)C(CC)Sc1nc2c(c(=O)[nH]c(=O)n2C)n1C(Cc1cccc(Br)c1)C(=O)OCC. The van der Waals surface area contributed by atoms with Gasteiger partial charge in [0.05, 0.1) is 13.2 Å². The molecule has 0 radical (unpaired) electrons. The van der Waals surface area contributed by atoms with E-state index in [1.807, 2.05) is 31.2 Å². The molecule has 2 unspecified atom stereocenters. The molecule has 0 fully saturated rings. The van der Waals surface area contributed by atoms with Crippen LogP contribution in [-0.4, -0.2) is 49.5 Å². The first-order valence-corrected chi connectivity index (χ1v) is 12.8. The number of ether oxygens (including phenoxy) is 2. The van der Waals surface area contributed by atoms with Crippen LogP contribution >= 0.6 is 27.7 Å². The van der Waals surface area contributed by atoms with Crippen LogP contribution in [0.15, 0.2) is 43.5 Å². The Morgan fingerprint density at radius 3 is 2.46 bits per heavy atom. The van der Waals surface area contributed by atoms with Gasteiger partial charge in [0.15, 0.2) is 16.3 Å². The summed E-state index contributed by atoms with van der Waals surface area (Å²) in [5.41, 5.74) is -0.366. The standard InChI is InChI=1S/C23H27BrN4O6S/c1-5-16(21(31)34-7-3)35-23-25-18-17(19(29)26-22(32)27(18)4)28(23)15(20(30)33-6-2)12-13-9-8-10-14(24)11-13/h8-11,15-16H,5-7,12H2,1-4H3,(H,26,29,32). The topological polar surface area (TPSA) is 125 Å². The third-order valence-electron chi connectivity index (χ3n) is 5.27. The molecule has 0 aliphatic rings. The fourth-order valence-electron chi connectivity index (χ4n) is 3.62. The maximum atomic E-state index is 13.2. The van der Waals surface area contributed by atoms with Crippen molar-refractivity contribution in [1.82, 2.24) is 19.1 Å². The molecule has 0 bridgehead atoms. The number of aryl methyl sites for hydroxylation is 1. The zero-order valence-electron chi connectivity index (χ0n) is 19.9. The highest BCUT2D eigenvalue weighted by Gasteiger charge is 2.32. The minimum Gasteiger partial charge on any atom is -0.465 e. The highest BCUT2D eigenvalue weighted by molar-refractivity contribution is 9.10. The van der Waals surface area contributed by atoms with Gasteiger partial charge >= 0.3 is 17.6 Å². The van der Waals surface area contributed by atoms with E-state index in [0.29, 0.717) is 6.42 Å². The second-order valence-corrected chi connectivity index (χ2v) is 9.71. The number of carbonyl (C=O) groups is 2. The molecule has 3 aromatic rings. The lowest BCUT2D eigenvalue weighted by molar-refractivity contribution is -0.147. The van der Waals surface area contributed by atoms with Gasteiger partial charge in [-0.1, -0.05) is 46.7 Å². The van der Waals surface area contributed by atoms with Crippen LogP contribution in [0.1, 0.15) is 38.8 Å². The fraction of sp³-hybridized carbons (Fsp3) is 0.435. The summed E-state index contributed by atoms with van der Waals surface area (Å²) in [7, 11) is 1.47. The van der Waals surface area contributed by atoms with Gasteiger partial charge in [0, 0.05) is 17.9 Å². The molecule has 2 heterocycles. The van der Waals surface area contributed by atoms with Crippen LogP contribution in [0.3, 0.4) is 0 Å². The average Bonchev–Trinajstić information content (AvgIpc) is 3.19. The Bertz CT molecular complexity index is 1350. The van der Waals surface area contributed by atoms with Gasteiger partial charge in [-0.2, -0.15) is 0 Å². The number of rotatable bonds is 10. The van der Waals surface area contributed by atoms with Gasteiger partial charge in [0.25, 0.3) is 5.56 Å². The van der Waals surface area contributed by atoms with Gasteiger partial charge in [-0.3, -0.25) is 23.7 Å². The molecule has 2 atom stereocenters. The Hall–Kier alpha value is -2.86. The molecule has 12 heteroatoms. The van der Waals surface area contributed by atoms with Crippen molar-refractivity contribution < 1.29 is 19.1 Å². The van der Waals surface area contributed by atoms with Gasteiger partial charge in [0.1, 0.15) is 11.3 Å². The molecule has 3 rings (SSSR count). The molecule has 10 nitrogen and oxygen atoms in total. The summed E-state index contributed by atoms with van der Waals surface area (Å²) >= 11 is 4.52. The first kappa shape index (κ1) is 26.7. The summed E-state index contributed by atoms with van der Waals surface area (Å²) in [5.74, 6) is -0.993. The zero-order valence-corrected chi connectivity index (χ0v) is 22.3. The number of carbonyl (C=O) groups excluding carboxylic acids is 2. The zero-order chi connectivity index (χ0) is 25.7. The molecule has 0 aliphatic heterocycles. The van der Waals surface area contributed by atoms with Crippen LogP contribution in [0, 0.1) is 0 Å². The number of thioether (sulfide) groups is 1. The van der Waals surface area contributed by atoms with E-state index in [0.717, 1.165) is 21.8 Å². The molecule has 0 saturated heterocycles. The third kappa shape index (κ3) is 5.87. The lowest BCUT2D eigenvalue weighted by Crippen LogP contribution is -2.32. The summed E-state index contributed by atoms with van der Waals surface area (Å²) < 4.78 is 14.1. The third-order valence-corrected chi connectivity index (χ3v) is 7.08. The monoisotopic (exact) mass is 566 g/mol. The van der Waals surface area contributed by atoms with Crippen molar-refractivity contribution in [3.8, 4) is 0 Å². The quantitative estimate of drug-likeness (QED) is 0.293. The Balaban J connectivity index is 2.26. The van der Waals surface area contributed by atoms with E-state index in [1.165, 1.54) is 16.2 Å². The average molecular weight is 567 g/mol. The van der Waals surface area contributed by atoms with E-state index in [9.17, 15) is 19.2 Å². The maximum Gasteiger partial charge on any atom is 0.329 e. The second-order valence-electron chi connectivity index (χ2n) is 7.62. The van der Waals surface area contributed by atoms with Gasteiger partial charge < -0.3 is 9.47 Å². The predicted octanol–water partition coefficient (Wildman–Crippen LogP) is 2.97. The molecule has 0 saturated carbocycles. The van der Waals surface area contributed by atoms with Crippen LogP contribution in [0.5, 0.6) is 0 Å². The highest BCUT2D eigenvalue weighted by Crippen LogP contribution is 2.32. The summed E-state index contributed by atoms with van der Waals surface area (Å²) in [4.78, 5) is 57.8. The number of aromatic nitrogens is 4. The maximum absolute atomic E-state index is 13.2. The predicted molar refractivity (Wildman–Crippen MR) is 136 cm³/mol. The highest BCUT2D eigenvalue weighted by atomic mass is 79.9. The Kier molecular flexibility index (Phi) is 8.95. The first-order chi connectivity index (χ1) is 16.7. The Morgan fingerprint density at radius 1 is 1.14 bits per heavy atom. The number of aromatic amines is 1. The van der Waals surface area contributed by atoms with Crippen molar-refractivity contribution >= 4 is 50.8 Å². The summed E-state index contributed by atoms with van der Waals surface area (Å²) in [6.07, 6.45) is 0.619. The van der Waals surface area contributed by atoms with E-state index < -0.39 is 34.5 Å². The molecule has 0 amide bonds. The number of hydrogen-bond donors (Lipinski definition) is 1. The lowest BCUT2D eigenvalue weighted by Gasteiger charge is -2.21. The number of fused-ring (bicyclic) bond motifs is 1. The summed E-state index contributed by atoms with van der Waals surface area (Å²) in [6.45, 7) is 5.59. The largest absolute Gasteiger partial charge is 0.465 e. The van der Waals surface area contributed by atoms with Gasteiger partial charge in [-0.25, -0.2) is 14.6 Å². The van der Waals surface area contributed by atoms with Crippen LogP contribution in [0.25, 0.3) is 11.2 Å². The molecule has 0 aliphatic carbocycles. The molecular formula is C23H27BrN4O6S. The number of halogens is 1. The fourth-order valence-corrected chi connectivity index (χ4v) is 5.12. The van der Waals surface area contributed by atoms with E-state index in [2.05, 4.69) is 25.9 Å². The minimum absolute atomic E-state index is 0.0429. The van der Waals surface area contributed by atoms with E-state index in [4.69, 9.17) is 9.47 Å². The van der Waals surface area contributed by atoms with Crippen molar-refractivity contribution in [2.45, 2.75) is 50.1 Å². The number of esters is 2. The van der Waals surface area contributed by atoms with Crippen molar-refractivity contribution in [3.63, 3.8) is 0 Å². The summed E-state index contributed by atoms with van der Waals surface area (Å²) in [5, 5.41) is -0.394. The number of nitrogens with one attached hydrogen (secondary N) is 1. The summed E-state index contributed by atoms with van der Waals surface area (Å²) in [6, 6.07) is 6.45. The van der Waals surface area contributed by atoms with Crippen molar-refractivity contribution in [3.05, 3.63) is 55.1 Å². The molecule has 1 aromatic carbocycles. The Morgan fingerprint density at radius 2 is 1.83 bits per heavy atom. The van der Waals surface area contributed by atoms with Crippen LogP contribution in [-0.2, 0) is 32.5 Å². The molecule has 1 N–H and O–H groups in total. The molecule has 2 aromatic heterocycles. The first-order valence-electron chi connectivity index (χ1n) is 11.2. The number of imidazole rings is 1. The number of nitrogens with zero attached hydrogens (tertiary/aromatic N) is 3. The van der Waals surface area contributed by atoms with Gasteiger partial charge in [0.2, 0.25) is 0 Å². The van der Waals surface area contributed by atoms with Crippen molar-refractivity contribution in [1.29, 1.82) is 0 Å². The van der Waals surface area contributed by atoms with Gasteiger partial charge in [-0.15, -0.1) is 0 Å². The van der Waals surface area contributed by atoms with Crippen LogP contribution < -0.4 is 11.2 Å². The van der Waals surface area contributed by atoms with Crippen molar-refractivity contribution in [2.75, 3.05) is 13.2 Å². The smallest absolute Gasteiger partial charge is 0.329 e. The molecule has 188 valence electrons. The number of H-pyrrole nitrogens is 1. The van der Waals surface area contributed by atoms with E-state index in [1.54, 1.807) is 13.8 Å². The van der Waals surface area contributed by atoms with E-state index >= 15 is 0 Å². The Labute approximate surface area is 214 Å². The number of benzene rings is 1. The van der Waals surface area contributed by atoms with Crippen molar-refractivity contribution in [2.24, 2.45) is 7.05 Å². The normalized spacial score (nSPS) is 12.9. The number of hydrogen-bond acceptors (Lipinski definition) is 8. The van der Waals surface area contributed by atoms with Gasteiger partial charge in [-0.05, 0) is 38.0 Å². The lowest BCUT2D eigenvalue weighted by atomic mass is 10.1. The molecule has 0 spiro atoms. The van der Waals surface area contributed by atoms with Crippen LogP contribution in [0.2, 0.25) is 0 Å². The molecular weight excluding hydrogens is 540 g/mol.